The predicted molar refractivity (Wildman–Crippen MR) is 88.3 cm³/mol. The minimum Gasteiger partial charge on any atom is -0.418 e. The second-order valence-electron chi connectivity index (χ2n) is 6.02. The summed E-state index contributed by atoms with van der Waals surface area (Å²) in [4.78, 5) is 13.7. The van der Waals surface area contributed by atoms with E-state index >= 15 is 0 Å². The highest BCUT2D eigenvalue weighted by Crippen LogP contribution is 2.22. The summed E-state index contributed by atoms with van der Waals surface area (Å²) in [6.45, 7) is 9.68. The van der Waals surface area contributed by atoms with E-state index in [-0.39, 0.29) is 24.1 Å². The lowest BCUT2D eigenvalue weighted by atomic mass is 9.98. The van der Waals surface area contributed by atoms with E-state index in [1.807, 2.05) is 65.0 Å². The highest BCUT2D eigenvalue weighted by Gasteiger charge is 2.21. The van der Waals surface area contributed by atoms with Gasteiger partial charge >= 0.3 is 6.09 Å². The number of carbonyl (C=O) groups is 1. The summed E-state index contributed by atoms with van der Waals surface area (Å²) in [5.74, 6) is -0.151. The van der Waals surface area contributed by atoms with E-state index in [4.69, 9.17) is 4.74 Å². The van der Waals surface area contributed by atoms with Gasteiger partial charge in [0.15, 0.2) is 0 Å². The Labute approximate surface area is 133 Å². The van der Waals surface area contributed by atoms with E-state index in [1.54, 1.807) is 11.0 Å². The number of rotatable bonds is 6. The molecule has 0 aliphatic carbocycles. The first-order chi connectivity index (χ1) is 10.3. The van der Waals surface area contributed by atoms with Crippen molar-refractivity contribution < 1.29 is 14.6 Å². The largest absolute Gasteiger partial charge is 0.418 e. The molecule has 4 nitrogen and oxygen atoms in total. The van der Waals surface area contributed by atoms with E-state index in [9.17, 15) is 9.90 Å². The van der Waals surface area contributed by atoms with Gasteiger partial charge in [0.05, 0.1) is 12.4 Å². The summed E-state index contributed by atoms with van der Waals surface area (Å²) in [6.07, 6.45) is 2.08. The molecule has 0 bridgehead atoms. The second kappa shape index (κ2) is 8.59. The molecule has 1 aromatic carbocycles. The summed E-state index contributed by atoms with van der Waals surface area (Å²) in [5.41, 5.74) is 0.844. The third-order valence-electron chi connectivity index (χ3n) is 3.51. The molecule has 22 heavy (non-hydrogen) atoms. The predicted octanol–water partition coefficient (Wildman–Crippen LogP) is 4.13. The molecular formula is C18H27NO3. The van der Waals surface area contributed by atoms with Crippen LogP contribution in [0.2, 0.25) is 0 Å². The zero-order valence-corrected chi connectivity index (χ0v) is 14.1. The lowest BCUT2D eigenvalue weighted by Gasteiger charge is -2.29. The Hall–Kier alpha value is -1.81. The SMILES string of the molecule is CC(C)N(C(=O)O/C=C\[C@H](C)[C@H](O)c1ccccc1)C(C)C. The summed E-state index contributed by atoms with van der Waals surface area (Å²) >= 11 is 0. The quantitative estimate of drug-likeness (QED) is 0.804. The van der Waals surface area contributed by atoms with Gasteiger partial charge < -0.3 is 14.7 Å². The van der Waals surface area contributed by atoms with Crippen molar-refractivity contribution in [1.29, 1.82) is 0 Å². The number of benzene rings is 1. The van der Waals surface area contributed by atoms with Crippen molar-refractivity contribution in [3.8, 4) is 0 Å². The zero-order valence-electron chi connectivity index (χ0n) is 14.1. The number of nitrogens with zero attached hydrogens (tertiary/aromatic N) is 1. The Bertz CT molecular complexity index is 474. The summed E-state index contributed by atoms with van der Waals surface area (Å²) in [7, 11) is 0. The van der Waals surface area contributed by atoms with Crippen molar-refractivity contribution in [3.05, 3.63) is 48.2 Å². The summed E-state index contributed by atoms with van der Waals surface area (Å²) < 4.78 is 5.18. The maximum absolute atomic E-state index is 12.0. The molecule has 0 aromatic heterocycles. The highest BCUT2D eigenvalue weighted by molar-refractivity contribution is 5.68. The van der Waals surface area contributed by atoms with Crippen LogP contribution in [0.4, 0.5) is 4.79 Å². The third kappa shape index (κ3) is 5.19. The Morgan fingerprint density at radius 3 is 2.14 bits per heavy atom. The number of amides is 1. The summed E-state index contributed by atoms with van der Waals surface area (Å²) in [5, 5.41) is 10.2. The fourth-order valence-corrected chi connectivity index (χ4v) is 2.36. The van der Waals surface area contributed by atoms with Crippen LogP contribution in [-0.4, -0.2) is 28.2 Å². The first kappa shape index (κ1) is 18.2. The van der Waals surface area contributed by atoms with Gasteiger partial charge in [-0.05, 0) is 39.3 Å². The van der Waals surface area contributed by atoms with Crippen molar-refractivity contribution in [2.75, 3.05) is 0 Å². The molecule has 1 amide bonds. The monoisotopic (exact) mass is 305 g/mol. The first-order valence-corrected chi connectivity index (χ1v) is 7.73. The Morgan fingerprint density at radius 1 is 1.09 bits per heavy atom. The third-order valence-corrected chi connectivity index (χ3v) is 3.51. The Balaban J connectivity index is 2.59. The Morgan fingerprint density at radius 2 is 1.64 bits per heavy atom. The van der Waals surface area contributed by atoms with Gasteiger partial charge in [-0.25, -0.2) is 4.79 Å². The van der Waals surface area contributed by atoms with E-state index in [2.05, 4.69) is 0 Å². The molecule has 0 fully saturated rings. The maximum Gasteiger partial charge on any atom is 0.415 e. The average Bonchev–Trinajstić information content (AvgIpc) is 2.46. The standard InChI is InChI=1S/C18H27NO3/c1-13(2)19(14(3)4)18(21)22-12-11-15(5)17(20)16-9-7-6-8-10-16/h6-15,17,20H,1-5H3/b12-11-/t15-,17-/m0/s1. The number of carbonyl (C=O) groups excluding carboxylic acids is 1. The average molecular weight is 305 g/mol. The maximum atomic E-state index is 12.0. The number of hydrogen-bond donors (Lipinski definition) is 1. The number of aliphatic hydroxyl groups excluding tert-OH is 1. The first-order valence-electron chi connectivity index (χ1n) is 7.73. The number of hydrogen-bond acceptors (Lipinski definition) is 3. The van der Waals surface area contributed by atoms with Gasteiger partial charge in [0.2, 0.25) is 0 Å². The fourth-order valence-electron chi connectivity index (χ4n) is 2.36. The minimum atomic E-state index is -0.623. The van der Waals surface area contributed by atoms with Crippen LogP contribution >= 0.6 is 0 Å². The molecular weight excluding hydrogens is 278 g/mol. The molecule has 0 unspecified atom stereocenters. The lowest BCUT2D eigenvalue weighted by Crippen LogP contribution is -2.41. The van der Waals surface area contributed by atoms with Gasteiger partial charge in [-0.2, -0.15) is 0 Å². The van der Waals surface area contributed by atoms with Crippen LogP contribution in [0, 0.1) is 5.92 Å². The lowest BCUT2D eigenvalue weighted by molar-refractivity contribution is 0.107. The molecule has 2 atom stereocenters. The molecule has 1 rings (SSSR count). The van der Waals surface area contributed by atoms with Crippen molar-refractivity contribution >= 4 is 6.09 Å². The van der Waals surface area contributed by atoms with E-state index in [0.717, 1.165) is 5.56 Å². The van der Waals surface area contributed by atoms with Crippen molar-refractivity contribution in [2.24, 2.45) is 5.92 Å². The molecule has 0 aliphatic heterocycles. The topological polar surface area (TPSA) is 49.8 Å². The van der Waals surface area contributed by atoms with Gasteiger partial charge in [0, 0.05) is 18.0 Å². The molecule has 1 N–H and O–H groups in total. The van der Waals surface area contributed by atoms with Crippen molar-refractivity contribution in [2.45, 2.75) is 52.8 Å². The Kier molecular flexibility index (Phi) is 7.12. The second-order valence-corrected chi connectivity index (χ2v) is 6.02. The van der Waals surface area contributed by atoms with Crippen LogP contribution in [0.15, 0.2) is 42.7 Å². The van der Waals surface area contributed by atoms with Gasteiger partial charge in [0.1, 0.15) is 0 Å². The number of aliphatic hydroxyl groups is 1. The van der Waals surface area contributed by atoms with E-state index < -0.39 is 6.10 Å². The van der Waals surface area contributed by atoms with Crippen LogP contribution in [-0.2, 0) is 4.74 Å². The van der Waals surface area contributed by atoms with Gasteiger partial charge in [-0.3, -0.25) is 0 Å². The molecule has 1 aromatic rings. The van der Waals surface area contributed by atoms with Crippen LogP contribution in [0.3, 0.4) is 0 Å². The van der Waals surface area contributed by atoms with Gasteiger partial charge in [-0.15, -0.1) is 0 Å². The van der Waals surface area contributed by atoms with Crippen LogP contribution in [0.5, 0.6) is 0 Å². The van der Waals surface area contributed by atoms with Crippen LogP contribution in [0.1, 0.15) is 46.3 Å². The molecule has 0 saturated heterocycles. The minimum absolute atomic E-state index is 0.0771. The van der Waals surface area contributed by atoms with Gasteiger partial charge in [0.25, 0.3) is 0 Å². The molecule has 0 radical (unpaired) electrons. The highest BCUT2D eigenvalue weighted by atomic mass is 16.5. The molecule has 122 valence electrons. The summed E-state index contributed by atoms with van der Waals surface area (Å²) in [6, 6.07) is 9.59. The molecule has 4 heteroatoms. The van der Waals surface area contributed by atoms with Crippen LogP contribution < -0.4 is 0 Å². The zero-order chi connectivity index (χ0) is 16.7. The van der Waals surface area contributed by atoms with Gasteiger partial charge in [-0.1, -0.05) is 37.3 Å². The number of ether oxygens (including phenoxy) is 1. The molecule has 0 aliphatic rings. The van der Waals surface area contributed by atoms with Crippen molar-refractivity contribution in [1.82, 2.24) is 4.90 Å². The molecule has 0 saturated carbocycles. The normalized spacial score (nSPS) is 14.4. The smallest absolute Gasteiger partial charge is 0.415 e. The van der Waals surface area contributed by atoms with Crippen molar-refractivity contribution in [3.63, 3.8) is 0 Å². The molecule has 0 heterocycles. The molecule has 0 spiro atoms. The fraction of sp³-hybridized carbons (Fsp3) is 0.500. The van der Waals surface area contributed by atoms with Crippen LogP contribution in [0.25, 0.3) is 0 Å². The van der Waals surface area contributed by atoms with E-state index in [0.29, 0.717) is 0 Å². The van der Waals surface area contributed by atoms with E-state index in [1.165, 1.54) is 6.26 Å².